The summed E-state index contributed by atoms with van der Waals surface area (Å²) >= 11 is 0. The van der Waals surface area contributed by atoms with Crippen LogP contribution in [0.15, 0.2) is 24.2 Å². The second-order valence-electron chi connectivity index (χ2n) is 3.82. The number of hydrogen-bond acceptors (Lipinski definition) is 3. The number of urea groups is 1. The Morgan fingerprint density at radius 1 is 1.44 bits per heavy atom. The standard InChI is InChI=1S/C11H10N2O3/c14-9-11(13-10(15)12-9)5-6-16-8-4-2-1-3-7(8)11/h1-4H,5-6H2,(H2,12,13,14,15)/i4T. The van der Waals surface area contributed by atoms with E-state index < -0.39 is 11.6 Å². The number of hydrogen-bond donors (Lipinski definition) is 2. The highest BCUT2D eigenvalue weighted by Crippen LogP contribution is 2.38. The minimum atomic E-state index is -1.07. The molecule has 1 atom stereocenters. The number of ether oxygens (including phenoxy) is 1. The van der Waals surface area contributed by atoms with Crippen LogP contribution in [0.1, 0.15) is 13.4 Å². The maximum Gasteiger partial charge on any atom is 0.322 e. The Hall–Kier alpha value is -2.04. The molecule has 1 fully saturated rings. The number of rotatable bonds is 0. The molecular weight excluding hydrogens is 208 g/mol. The Balaban J connectivity index is 2.20. The van der Waals surface area contributed by atoms with Crippen LogP contribution in [-0.2, 0) is 10.3 Å². The van der Waals surface area contributed by atoms with E-state index in [-0.39, 0.29) is 11.9 Å². The second-order valence-corrected chi connectivity index (χ2v) is 3.82. The first kappa shape index (κ1) is 8.15. The van der Waals surface area contributed by atoms with Crippen LogP contribution in [0, 0.1) is 0 Å². The normalized spacial score (nSPS) is 27.9. The first-order valence-corrected chi connectivity index (χ1v) is 5.00. The van der Waals surface area contributed by atoms with E-state index >= 15 is 0 Å². The molecule has 2 aliphatic rings. The molecule has 2 N–H and O–H groups in total. The van der Waals surface area contributed by atoms with E-state index in [9.17, 15) is 9.59 Å². The molecule has 1 unspecified atom stereocenters. The molecular formula is C11H10N2O3. The molecule has 5 nitrogen and oxygen atoms in total. The molecule has 16 heavy (non-hydrogen) atoms. The van der Waals surface area contributed by atoms with Gasteiger partial charge in [0.15, 0.2) is 5.54 Å². The third-order valence-electron chi connectivity index (χ3n) is 2.94. The molecule has 3 rings (SSSR count). The molecule has 82 valence electrons. The van der Waals surface area contributed by atoms with E-state index in [2.05, 4.69) is 10.6 Å². The van der Waals surface area contributed by atoms with E-state index in [4.69, 9.17) is 6.11 Å². The predicted octanol–water partition coefficient (Wildman–Crippen LogP) is 0.504. The van der Waals surface area contributed by atoms with Crippen molar-refractivity contribution < 1.29 is 15.7 Å². The zero-order valence-electron chi connectivity index (χ0n) is 9.37. The zero-order chi connectivity index (χ0) is 12.0. The third-order valence-corrected chi connectivity index (χ3v) is 2.94. The summed E-state index contributed by atoms with van der Waals surface area (Å²) in [6.45, 7) is 0.302. The molecule has 2 aliphatic heterocycles. The summed E-state index contributed by atoms with van der Waals surface area (Å²) in [4.78, 5) is 23.2. The fourth-order valence-electron chi connectivity index (χ4n) is 2.18. The molecule has 1 aromatic rings. The molecule has 1 saturated heterocycles. The van der Waals surface area contributed by atoms with Gasteiger partial charge in [-0.15, -0.1) is 0 Å². The fourth-order valence-corrected chi connectivity index (χ4v) is 2.18. The predicted molar refractivity (Wildman–Crippen MR) is 54.9 cm³/mol. The maximum atomic E-state index is 11.9. The number of imide groups is 1. The van der Waals surface area contributed by atoms with E-state index in [1.54, 1.807) is 18.2 Å². The number of carbonyl (C=O) groups is 2. The first-order valence-electron chi connectivity index (χ1n) is 5.50. The molecule has 0 saturated carbocycles. The average molecular weight is 220 g/mol. The molecule has 0 aliphatic carbocycles. The Kier molecular flexibility index (Phi) is 1.52. The third kappa shape index (κ3) is 1.05. The summed E-state index contributed by atoms with van der Waals surface area (Å²) in [6.07, 6.45) is 0.376. The van der Waals surface area contributed by atoms with Crippen molar-refractivity contribution in [1.82, 2.24) is 10.6 Å². The van der Waals surface area contributed by atoms with Crippen molar-refractivity contribution in [3.8, 4) is 5.75 Å². The van der Waals surface area contributed by atoms with E-state index in [0.717, 1.165) is 0 Å². The Labute approximate surface area is 93.2 Å². The summed E-state index contributed by atoms with van der Waals surface area (Å²) in [5.41, 5.74) is -0.513. The molecule has 0 radical (unpaired) electrons. The SMILES string of the molecule is [3H]c1cccc2c1OCCC21NC(=O)NC1=O. The molecule has 1 spiro atoms. The topological polar surface area (TPSA) is 67.4 Å². The Morgan fingerprint density at radius 3 is 3.06 bits per heavy atom. The number of carbonyl (C=O) groups excluding carboxylic acids is 2. The van der Waals surface area contributed by atoms with Crippen molar-refractivity contribution in [2.45, 2.75) is 12.0 Å². The van der Waals surface area contributed by atoms with E-state index in [0.29, 0.717) is 24.3 Å². The molecule has 2 heterocycles. The van der Waals surface area contributed by atoms with Gasteiger partial charge in [0.1, 0.15) is 5.75 Å². The highest BCUT2D eigenvalue weighted by atomic mass is 16.5. The lowest BCUT2D eigenvalue weighted by Crippen LogP contribution is -2.47. The minimum absolute atomic E-state index is 0.218. The molecule has 0 aromatic heterocycles. The van der Waals surface area contributed by atoms with Gasteiger partial charge in [0.2, 0.25) is 0 Å². The van der Waals surface area contributed by atoms with Crippen LogP contribution in [-0.4, -0.2) is 18.5 Å². The Morgan fingerprint density at radius 2 is 2.31 bits per heavy atom. The molecule has 3 amide bonds. The fraction of sp³-hybridized carbons (Fsp3) is 0.273. The highest BCUT2D eigenvalue weighted by Gasteiger charge is 2.50. The average Bonchev–Trinajstić information content (AvgIpc) is 2.56. The number of fused-ring (bicyclic) bond motifs is 2. The van der Waals surface area contributed by atoms with Crippen molar-refractivity contribution in [3.63, 3.8) is 0 Å². The van der Waals surface area contributed by atoms with Gasteiger partial charge >= 0.3 is 6.03 Å². The molecule has 1 aromatic carbocycles. The van der Waals surface area contributed by atoms with Gasteiger partial charge in [-0.25, -0.2) is 4.79 Å². The minimum Gasteiger partial charge on any atom is -0.493 e. The van der Waals surface area contributed by atoms with Gasteiger partial charge in [0.25, 0.3) is 5.91 Å². The van der Waals surface area contributed by atoms with Crippen molar-refractivity contribution >= 4 is 11.9 Å². The van der Waals surface area contributed by atoms with Gasteiger partial charge in [0, 0.05) is 12.0 Å². The molecule has 0 bridgehead atoms. The lowest BCUT2D eigenvalue weighted by Gasteiger charge is -2.32. The summed E-state index contributed by atoms with van der Waals surface area (Å²) in [5.74, 6) is -0.00579. The first-order chi connectivity index (χ1) is 8.13. The van der Waals surface area contributed by atoms with Crippen LogP contribution >= 0.6 is 0 Å². The van der Waals surface area contributed by atoms with E-state index in [1.807, 2.05) is 0 Å². The van der Waals surface area contributed by atoms with Crippen LogP contribution in [0.4, 0.5) is 4.79 Å². The second kappa shape index (κ2) is 2.98. The Bertz CT molecular complexity index is 531. The highest BCUT2D eigenvalue weighted by molar-refractivity contribution is 6.07. The van der Waals surface area contributed by atoms with Crippen LogP contribution in [0.25, 0.3) is 0 Å². The number of benzene rings is 1. The summed E-state index contributed by atoms with van der Waals surface area (Å²) in [5, 5.41) is 4.87. The van der Waals surface area contributed by atoms with Gasteiger partial charge in [-0.2, -0.15) is 0 Å². The van der Waals surface area contributed by atoms with Crippen LogP contribution in [0.3, 0.4) is 0 Å². The lowest BCUT2D eigenvalue weighted by atomic mass is 9.85. The number of para-hydroxylation sites is 1. The van der Waals surface area contributed by atoms with Crippen molar-refractivity contribution in [2.24, 2.45) is 0 Å². The monoisotopic (exact) mass is 220 g/mol. The maximum absolute atomic E-state index is 11.9. The van der Waals surface area contributed by atoms with Gasteiger partial charge < -0.3 is 10.1 Å². The van der Waals surface area contributed by atoms with Crippen LogP contribution in [0.2, 0.25) is 0 Å². The number of amides is 3. The number of nitrogens with one attached hydrogen (secondary N) is 2. The largest absolute Gasteiger partial charge is 0.493 e. The smallest absolute Gasteiger partial charge is 0.322 e. The van der Waals surface area contributed by atoms with Crippen LogP contribution in [0.5, 0.6) is 5.75 Å². The summed E-state index contributed by atoms with van der Waals surface area (Å²) < 4.78 is 13.1. The van der Waals surface area contributed by atoms with Crippen molar-refractivity contribution in [2.75, 3.05) is 6.61 Å². The van der Waals surface area contributed by atoms with Crippen molar-refractivity contribution in [1.29, 1.82) is 0 Å². The quantitative estimate of drug-likeness (QED) is 0.626. The van der Waals surface area contributed by atoms with Gasteiger partial charge in [-0.3, -0.25) is 10.1 Å². The molecule has 5 heteroatoms. The van der Waals surface area contributed by atoms with Crippen LogP contribution < -0.4 is 15.4 Å². The van der Waals surface area contributed by atoms with E-state index in [1.165, 1.54) is 0 Å². The van der Waals surface area contributed by atoms with Gasteiger partial charge in [-0.05, 0) is 6.04 Å². The zero-order valence-corrected chi connectivity index (χ0v) is 8.37. The summed E-state index contributed by atoms with van der Waals surface area (Å²) in [6, 6.07) is 4.69. The van der Waals surface area contributed by atoms with Crippen molar-refractivity contribution in [3.05, 3.63) is 29.8 Å². The van der Waals surface area contributed by atoms with Gasteiger partial charge in [-0.1, -0.05) is 18.2 Å². The lowest BCUT2D eigenvalue weighted by molar-refractivity contribution is -0.125. The summed E-state index contributed by atoms with van der Waals surface area (Å²) in [7, 11) is 0. The van der Waals surface area contributed by atoms with Gasteiger partial charge in [0.05, 0.1) is 7.98 Å².